The number of carbonyl (C=O) groups excluding carboxylic acids is 1. The van der Waals surface area contributed by atoms with Crippen LogP contribution >= 0.6 is 0 Å². The van der Waals surface area contributed by atoms with Crippen LogP contribution in [0.5, 0.6) is 0 Å². The molecule has 2 aromatic carbocycles. The first kappa shape index (κ1) is 20.9. The summed E-state index contributed by atoms with van der Waals surface area (Å²) in [6, 6.07) is 16.3. The van der Waals surface area contributed by atoms with Gasteiger partial charge in [0.05, 0.1) is 0 Å². The van der Waals surface area contributed by atoms with Crippen LogP contribution in [0, 0.1) is 5.92 Å². The highest BCUT2D eigenvalue weighted by atomic mass is 16.1. The molecule has 0 aromatic heterocycles. The van der Waals surface area contributed by atoms with Crippen molar-refractivity contribution in [3.05, 3.63) is 59.7 Å². The topological polar surface area (TPSA) is 38.8 Å². The minimum atomic E-state index is -0.0551. The lowest BCUT2D eigenvalue weighted by Gasteiger charge is -2.34. The number of piperidine rings is 1. The second-order valence-electron chi connectivity index (χ2n) is 8.97. The monoisotopic (exact) mass is 406 g/mol. The quantitative estimate of drug-likeness (QED) is 0.817. The Bertz CT molecular complexity index is 825. The van der Waals surface area contributed by atoms with E-state index in [-0.39, 0.29) is 5.91 Å². The summed E-state index contributed by atoms with van der Waals surface area (Å²) in [5.41, 5.74) is 4.04. The van der Waals surface area contributed by atoms with E-state index in [2.05, 4.69) is 58.3 Å². The van der Waals surface area contributed by atoms with E-state index in [0.29, 0.717) is 5.56 Å². The van der Waals surface area contributed by atoms with Gasteiger partial charge in [-0.1, -0.05) is 19.1 Å². The number of hydrogen-bond donors (Lipinski definition) is 1. The number of carbonyl (C=O) groups is 1. The SMILES string of the molecule is CC1CCCN(Cc2ccc(C(=O)Nc3ccc(N4CCN(C)CC4)cc3)cc2)C1. The fourth-order valence-electron chi connectivity index (χ4n) is 4.47. The van der Waals surface area contributed by atoms with Crippen molar-refractivity contribution in [1.29, 1.82) is 0 Å². The molecule has 5 nitrogen and oxygen atoms in total. The van der Waals surface area contributed by atoms with Gasteiger partial charge in [0.2, 0.25) is 0 Å². The molecule has 0 aliphatic carbocycles. The summed E-state index contributed by atoms with van der Waals surface area (Å²) >= 11 is 0. The number of likely N-dealkylation sites (N-methyl/N-ethyl adjacent to an activating group) is 1. The number of nitrogens with zero attached hydrogens (tertiary/aromatic N) is 3. The van der Waals surface area contributed by atoms with Crippen molar-refractivity contribution in [2.24, 2.45) is 5.92 Å². The van der Waals surface area contributed by atoms with Crippen LogP contribution in [-0.4, -0.2) is 62.0 Å². The van der Waals surface area contributed by atoms with Crippen molar-refractivity contribution in [1.82, 2.24) is 9.80 Å². The number of nitrogens with one attached hydrogen (secondary N) is 1. The molecule has 1 amide bonds. The van der Waals surface area contributed by atoms with Gasteiger partial charge in [0.15, 0.2) is 0 Å². The molecule has 30 heavy (non-hydrogen) atoms. The minimum Gasteiger partial charge on any atom is -0.369 e. The maximum absolute atomic E-state index is 12.6. The molecule has 2 aliphatic heterocycles. The first-order chi connectivity index (χ1) is 14.6. The van der Waals surface area contributed by atoms with E-state index in [0.717, 1.165) is 44.3 Å². The van der Waals surface area contributed by atoms with Gasteiger partial charge in [-0.25, -0.2) is 0 Å². The number of benzene rings is 2. The molecule has 2 fully saturated rings. The smallest absolute Gasteiger partial charge is 0.255 e. The van der Waals surface area contributed by atoms with Gasteiger partial charge in [0.1, 0.15) is 0 Å². The third-order valence-electron chi connectivity index (χ3n) is 6.36. The average Bonchev–Trinajstić information content (AvgIpc) is 2.75. The first-order valence-corrected chi connectivity index (χ1v) is 11.2. The fourth-order valence-corrected chi connectivity index (χ4v) is 4.47. The Labute approximate surface area is 180 Å². The molecule has 0 spiro atoms. The Morgan fingerprint density at radius 2 is 1.67 bits per heavy atom. The van der Waals surface area contributed by atoms with Gasteiger partial charge in [-0.3, -0.25) is 9.69 Å². The van der Waals surface area contributed by atoms with Crippen molar-refractivity contribution in [2.75, 3.05) is 56.5 Å². The van der Waals surface area contributed by atoms with Crippen LogP contribution in [-0.2, 0) is 6.54 Å². The maximum atomic E-state index is 12.6. The Hall–Kier alpha value is -2.37. The minimum absolute atomic E-state index is 0.0551. The largest absolute Gasteiger partial charge is 0.369 e. The van der Waals surface area contributed by atoms with Gasteiger partial charge in [-0.2, -0.15) is 0 Å². The molecular weight excluding hydrogens is 372 g/mol. The number of anilines is 2. The maximum Gasteiger partial charge on any atom is 0.255 e. The van der Waals surface area contributed by atoms with Crippen molar-refractivity contribution in [3.63, 3.8) is 0 Å². The van der Waals surface area contributed by atoms with E-state index in [9.17, 15) is 4.79 Å². The van der Waals surface area contributed by atoms with Crippen LogP contribution in [0.2, 0.25) is 0 Å². The average molecular weight is 407 g/mol. The van der Waals surface area contributed by atoms with E-state index in [1.54, 1.807) is 0 Å². The van der Waals surface area contributed by atoms with Crippen molar-refractivity contribution >= 4 is 17.3 Å². The lowest BCUT2D eigenvalue weighted by molar-refractivity contribution is 0.102. The standard InChI is InChI=1S/C25H34N4O/c1-20-4-3-13-28(18-20)19-21-5-7-22(8-6-21)25(30)26-23-9-11-24(12-10-23)29-16-14-27(2)15-17-29/h5-12,20H,3-4,13-19H2,1-2H3,(H,26,30). The molecule has 0 saturated carbocycles. The lowest BCUT2D eigenvalue weighted by Crippen LogP contribution is -2.44. The van der Waals surface area contributed by atoms with Gasteiger partial charge < -0.3 is 15.1 Å². The molecule has 160 valence electrons. The molecule has 5 heteroatoms. The molecule has 4 rings (SSSR count). The van der Waals surface area contributed by atoms with E-state index in [1.807, 2.05) is 24.3 Å². The summed E-state index contributed by atoms with van der Waals surface area (Å²) in [7, 11) is 2.16. The molecule has 0 radical (unpaired) electrons. The van der Waals surface area contributed by atoms with Gasteiger partial charge >= 0.3 is 0 Å². The molecule has 0 bridgehead atoms. The first-order valence-electron chi connectivity index (χ1n) is 11.2. The Morgan fingerprint density at radius 1 is 0.967 bits per heavy atom. The van der Waals surface area contributed by atoms with Gasteiger partial charge in [-0.15, -0.1) is 0 Å². The molecule has 2 heterocycles. The second kappa shape index (κ2) is 9.63. The molecule has 2 aromatic rings. The van der Waals surface area contributed by atoms with Gasteiger partial charge in [-0.05, 0) is 74.3 Å². The summed E-state index contributed by atoms with van der Waals surface area (Å²) in [4.78, 5) is 19.9. The number of rotatable bonds is 5. The molecule has 1 atom stereocenters. The molecular formula is C25H34N4O. The predicted molar refractivity (Wildman–Crippen MR) is 124 cm³/mol. The normalized spacial score (nSPS) is 20.9. The predicted octanol–water partition coefficient (Wildman–Crippen LogP) is 3.92. The van der Waals surface area contributed by atoms with Crippen LogP contribution < -0.4 is 10.2 Å². The van der Waals surface area contributed by atoms with Gasteiger partial charge in [0, 0.05) is 56.2 Å². The third kappa shape index (κ3) is 5.41. The van der Waals surface area contributed by atoms with E-state index < -0.39 is 0 Å². The molecule has 1 N–H and O–H groups in total. The van der Waals surface area contributed by atoms with Crippen LogP contribution in [0.15, 0.2) is 48.5 Å². The Morgan fingerprint density at radius 3 is 2.33 bits per heavy atom. The zero-order chi connectivity index (χ0) is 20.9. The molecule has 2 aliphatic rings. The summed E-state index contributed by atoms with van der Waals surface area (Å²) in [6.07, 6.45) is 2.63. The van der Waals surface area contributed by atoms with Crippen LogP contribution in [0.3, 0.4) is 0 Å². The van der Waals surface area contributed by atoms with Crippen LogP contribution in [0.25, 0.3) is 0 Å². The number of piperazine rings is 1. The highest BCUT2D eigenvalue weighted by Crippen LogP contribution is 2.21. The van der Waals surface area contributed by atoms with Gasteiger partial charge in [0.25, 0.3) is 5.91 Å². The van der Waals surface area contributed by atoms with E-state index >= 15 is 0 Å². The number of hydrogen-bond acceptors (Lipinski definition) is 4. The van der Waals surface area contributed by atoms with Crippen molar-refractivity contribution in [2.45, 2.75) is 26.3 Å². The van der Waals surface area contributed by atoms with Crippen LogP contribution in [0.1, 0.15) is 35.7 Å². The molecule has 2 saturated heterocycles. The number of amides is 1. The summed E-state index contributed by atoms with van der Waals surface area (Å²) in [5, 5.41) is 3.03. The zero-order valence-electron chi connectivity index (χ0n) is 18.3. The fraction of sp³-hybridized carbons (Fsp3) is 0.480. The van der Waals surface area contributed by atoms with Crippen molar-refractivity contribution < 1.29 is 4.79 Å². The highest BCUT2D eigenvalue weighted by molar-refractivity contribution is 6.04. The van der Waals surface area contributed by atoms with E-state index in [4.69, 9.17) is 0 Å². The summed E-state index contributed by atoms with van der Waals surface area (Å²) in [6.45, 7) is 9.92. The Balaban J connectivity index is 1.31. The zero-order valence-corrected chi connectivity index (χ0v) is 18.3. The van der Waals surface area contributed by atoms with Crippen LogP contribution in [0.4, 0.5) is 11.4 Å². The van der Waals surface area contributed by atoms with E-state index in [1.165, 1.54) is 37.2 Å². The number of likely N-dealkylation sites (tertiary alicyclic amines) is 1. The second-order valence-corrected chi connectivity index (χ2v) is 8.97. The summed E-state index contributed by atoms with van der Waals surface area (Å²) in [5.74, 6) is 0.729. The summed E-state index contributed by atoms with van der Waals surface area (Å²) < 4.78 is 0. The van der Waals surface area contributed by atoms with Crippen molar-refractivity contribution in [3.8, 4) is 0 Å². The highest BCUT2D eigenvalue weighted by Gasteiger charge is 2.17. The third-order valence-corrected chi connectivity index (χ3v) is 6.36. The molecule has 1 unspecified atom stereocenters. The Kier molecular flexibility index (Phi) is 6.70. The lowest BCUT2D eigenvalue weighted by atomic mass is 9.99.